The first-order chi connectivity index (χ1) is 9.26. The number of carbonyl (C=O) groups is 1. The van der Waals surface area contributed by atoms with Crippen molar-refractivity contribution in [2.75, 3.05) is 5.32 Å². The summed E-state index contributed by atoms with van der Waals surface area (Å²) in [6.45, 7) is 0. The zero-order chi connectivity index (χ0) is 13.2. The first kappa shape index (κ1) is 11.5. The monoisotopic (exact) mass is 252 g/mol. The molecule has 0 spiro atoms. The van der Waals surface area contributed by atoms with Crippen LogP contribution in [-0.4, -0.2) is 16.1 Å². The number of carbonyl (C=O) groups excluding carboxylic acids is 1. The highest BCUT2D eigenvalue weighted by molar-refractivity contribution is 6.03. The number of rotatable bonds is 3. The predicted molar refractivity (Wildman–Crippen MR) is 69.7 cm³/mol. The molecule has 2 aromatic rings. The Labute approximate surface area is 110 Å². The maximum Gasteiger partial charge on any atom is 0.276 e. The lowest BCUT2D eigenvalue weighted by atomic mass is 10.2. The van der Waals surface area contributed by atoms with Crippen LogP contribution in [0.15, 0.2) is 30.3 Å². The second kappa shape index (κ2) is 4.58. The fourth-order valence-corrected chi connectivity index (χ4v) is 1.92. The molecule has 19 heavy (non-hydrogen) atoms. The maximum absolute atomic E-state index is 12.0. The van der Waals surface area contributed by atoms with Gasteiger partial charge in [-0.3, -0.25) is 9.89 Å². The molecule has 1 aliphatic carbocycles. The SMILES string of the molecule is N#Cc1cccc(NC(=O)c2cc(C3CC3)[nH]n2)c1. The van der Waals surface area contributed by atoms with E-state index in [4.69, 9.17) is 5.26 Å². The molecule has 1 fully saturated rings. The molecule has 1 aliphatic rings. The minimum atomic E-state index is -0.266. The number of benzene rings is 1. The third-order valence-electron chi connectivity index (χ3n) is 3.10. The van der Waals surface area contributed by atoms with Gasteiger partial charge in [-0.05, 0) is 37.1 Å². The van der Waals surface area contributed by atoms with Crippen molar-refractivity contribution in [1.82, 2.24) is 10.2 Å². The van der Waals surface area contributed by atoms with Crippen LogP contribution in [0, 0.1) is 11.3 Å². The summed E-state index contributed by atoms with van der Waals surface area (Å²) in [5.74, 6) is 0.272. The average molecular weight is 252 g/mol. The molecule has 0 atom stereocenters. The van der Waals surface area contributed by atoms with Crippen molar-refractivity contribution in [1.29, 1.82) is 5.26 Å². The van der Waals surface area contributed by atoms with Crippen molar-refractivity contribution in [3.63, 3.8) is 0 Å². The molecule has 5 nitrogen and oxygen atoms in total. The molecule has 0 aliphatic heterocycles. The summed E-state index contributed by atoms with van der Waals surface area (Å²) in [5.41, 5.74) is 2.51. The van der Waals surface area contributed by atoms with Gasteiger partial charge in [-0.2, -0.15) is 10.4 Å². The smallest absolute Gasteiger partial charge is 0.276 e. The zero-order valence-electron chi connectivity index (χ0n) is 10.2. The van der Waals surface area contributed by atoms with E-state index in [1.54, 1.807) is 30.3 Å². The van der Waals surface area contributed by atoms with Gasteiger partial charge in [-0.25, -0.2) is 0 Å². The van der Waals surface area contributed by atoms with E-state index in [-0.39, 0.29) is 5.91 Å². The van der Waals surface area contributed by atoms with Gasteiger partial charge in [0, 0.05) is 17.3 Å². The molecular formula is C14H12N4O. The normalized spacial score (nSPS) is 13.8. The van der Waals surface area contributed by atoms with Crippen LogP contribution in [0.1, 0.15) is 40.5 Å². The number of nitrogens with one attached hydrogen (secondary N) is 2. The number of nitrogens with zero attached hydrogens (tertiary/aromatic N) is 2. The summed E-state index contributed by atoms with van der Waals surface area (Å²) in [7, 11) is 0. The highest BCUT2D eigenvalue weighted by Crippen LogP contribution is 2.39. The quantitative estimate of drug-likeness (QED) is 0.880. The van der Waals surface area contributed by atoms with Crippen LogP contribution in [0.25, 0.3) is 0 Å². The first-order valence-electron chi connectivity index (χ1n) is 6.13. The molecule has 5 heteroatoms. The van der Waals surface area contributed by atoms with Crippen molar-refractivity contribution in [3.8, 4) is 6.07 Å². The Balaban J connectivity index is 1.74. The molecular weight excluding hydrogens is 240 g/mol. The van der Waals surface area contributed by atoms with Crippen LogP contribution < -0.4 is 5.32 Å². The standard InChI is InChI=1S/C14H12N4O/c15-8-9-2-1-3-11(6-9)16-14(19)13-7-12(17-18-13)10-4-5-10/h1-3,6-7,10H,4-5H2,(H,16,19)(H,17,18). The Morgan fingerprint density at radius 2 is 2.26 bits per heavy atom. The fraction of sp³-hybridized carbons (Fsp3) is 0.214. The molecule has 1 aromatic heterocycles. The third-order valence-corrected chi connectivity index (χ3v) is 3.10. The molecule has 3 rings (SSSR count). The van der Waals surface area contributed by atoms with Crippen molar-refractivity contribution >= 4 is 11.6 Å². The zero-order valence-corrected chi connectivity index (χ0v) is 10.2. The van der Waals surface area contributed by atoms with Gasteiger partial charge in [0.1, 0.15) is 0 Å². The number of aromatic nitrogens is 2. The maximum atomic E-state index is 12.0. The molecule has 0 unspecified atom stereocenters. The topological polar surface area (TPSA) is 81.6 Å². The Morgan fingerprint density at radius 3 is 3.00 bits per heavy atom. The molecule has 1 saturated carbocycles. The summed E-state index contributed by atoms with van der Waals surface area (Å²) in [6, 6.07) is 10.6. The molecule has 0 radical (unpaired) electrons. The fourth-order valence-electron chi connectivity index (χ4n) is 1.92. The van der Waals surface area contributed by atoms with Crippen molar-refractivity contribution in [2.45, 2.75) is 18.8 Å². The number of amides is 1. The largest absolute Gasteiger partial charge is 0.321 e. The summed E-state index contributed by atoms with van der Waals surface area (Å²) in [6.07, 6.45) is 2.32. The Bertz CT molecular complexity index is 664. The van der Waals surface area contributed by atoms with Gasteiger partial charge in [0.05, 0.1) is 11.6 Å². The van der Waals surface area contributed by atoms with E-state index in [1.807, 2.05) is 6.07 Å². The van der Waals surface area contributed by atoms with E-state index >= 15 is 0 Å². The molecule has 2 N–H and O–H groups in total. The van der Waals surface area contributed by atoms with Crippen molar-refractivity contribution < 1.29 is 4.79 Å². The predicted octanol–water partition coefficient (Wildman–Crippen LogP) is 2.41. The lowest BCUT2D eigenvalue weighted by Gasteiger charge is -2.02. The Hall–Kier alpha value is -2.61. The van der Waals surface area contributed by atoms with Gasteiger partial charge >= 0.3 is 0 Å². The van der Waals surface area contributed by atoms with Crippen LogP contribution >= 0.6 is 0 Å². The molecule has 0 bridgehead atoms. The third kappa shape index (κ3) is 2.47. The number of hydrogen-bond acceptors (Lipinski definition) is 3. The summed E-state index contributed by atoms with van der Waals surface area (Å²) >= 11 is 0. The number of anilines is 1. The molecule has 1 aromatic carbocycles. The second-order valence-corrected chi connectivity index (χ2v) is 4.63. The van der Waals surface area contributed by atoms with Crippen LogP contribution in [0.3, 0.4) is 0 Å². The van der Waals surface area contributed by atoms with Gasteiger partial charge in [-0.1, -0.05) is 6.07 Å². The minimum absolute atomic E-state index is 0.266. The van der Waals surface area contributed by atoms with E-state index < -0.39 is 0 Å². The highest BCUT2D eigenvalue weighted by Gasteiger charge is 2.26. The number of nitriles is 1. The first-order valence-corrected chi connectivity index (χ1v) is 6.13. The van der Waals surface area contributed by atoms with E-state index in [2.05, 4.69) is 15.5 Å². The average Bonchev–Trinajstić information content (AvgIpc) is 3.16. The Morgan fingerprint density at radius 1 is 1.42 bits per heavy atom. The van der Waals surface area contributed by atoms with E-state index in [0.717, 1.165) is 18.5 Å². The van der Waals surface area contributed by atoms with Crippen LogP contribution in [-0.2, 0) is 0 Å². The van der Waals surface area contributed by atoms with Gasteiger partial charge in [0.2, 0.25) is 0 Å². The van der Waals surface area contributed by atoms with E-state index in [9.17, 15) is 4.79 Å². The summed E-state index contributed by atoms with van der Waals surface area (Å²) < 4.78 is 0. The summed E-state index contributed by atoms with van der Waals surface area (Å²) in [5, 5.41) is 18.4. The van der Waals surface area contributed by atoms with Gasteiger partial charge < -0.3 is 5.32 Å². The van der Waals surface area contributed by atoms with Crippen molar-refractivity contribution in [2.24, 2.45) is 0 Å². The van der Waals surface area contributed by atoms with Gasteiger partial charge in [0.25, 0.3) is 5.91 Å². The number of aromatic amines is 1. The lowest BCUT2D eigenvalue weighted by molar-refractivity contribution is 0.102. The minimum Gasteiger partial charge on any atom is -0.321 e. The lowest BCUT2D eigenvalue weighted by Crippen LogP contribution is -2.12. The van der Waals surface area contributed by atoms with Gasteiger partial charge in [-0.15, -0.1) is 0 Å². The summed E-state index contributed by atoms with van der Waals surface area (Å²) in [4.78, 5) is 12.0. The van der Waals surface area contributed by atoms with Crippen LogP contribution in [0.4, 0.5) is 5.69 Å². The van der Waals surface area contributed by atoms with Crippen molar-refractivity contribution in [3.05, 3.63) is 47.3 Å². The molecule has 94 valence electrons. The molecule has 1 amide bonds. The Kier molecular flexibility index (Phi) is 2.76. The van der Waals surface area contributed by atoms with E-state index in [0.29, 0.717) is 22.9 Å². The number of hydrogen-bond donors (Lipinski definition) is 2. The van der Waals surface area contributed by atoms with E-state index in [1.165, 1.54) is 0 Å². The second-order valence-electron chi connectivity index (χ2n) is 4.63. The highest BCUT2D eigenvalue weighted by atomic mass is 16.1. The van der Waals surface area contributed by atoms with Crippen LogP contribution in [0.2, 0.25) is 0 Å². The molecule has 0 saturated heterocycles. The molecule has 1 heterocycles. The van der Waals surface area contributed by atoms with Crippen LogP contribution in [0.5, 0.6) is 0 Å². The number of H-pyrrole nitrogens is 1. The van der Waals surface area contributed by atoms with Gasteiger partial charge in [0.15, 0.2) is 5.69 Å².